The minimum atomic E-state index is -0.786. The minimum absolute atomic E-state index is 0.350. The van der Waals surface area contributed by atoms with Crippen molar-refractivity contribution in [2.24, 2.45) is 0 Å². The third kappa shape index (κ3) is 2.91. The molecule has 3 saturated heterocycles. The Bertz CT molecular complexity index is 473. The summed E-state index contributed by atoms with van der Waals surface area (Å²) in [6.45, 7) is 11.0. The van der Waals surface area contributed by atoms with Crippen LogP contribution in [0.25, 0.3) is 0 Å². The van der Waals surface area contributed by atoms with Crippen LogP contribution in [0.15, 0.2) is 12.7 Å². The molecule has 0 unspecified atom stereocenters. The molecule has 22 heavy (non-hydrogen) atoms. The van der Waals surface area contributed by atoms with Crippen molar-refractivity contribution in [2.75, 3.05) is 6.61 Å². The van der Waals surface area contributed by atoms with Crippen molar-refractivity contribution in [3.05, 3.63) is 12.7 Å². The number of hydrogen-bond donors (Lipinski definition) is 0. The molecule has 3 rings (SSSR count). The molecule has 0 aromatic heterocycles. The molecule has 7 nitrogen and oxygen atoms in total. The molecule has 0 N–H and O–H groups in total. The molecule has 3 aliphatic heterocycles. The molecule has 3 heterocycles. The number of carbonyl (C=O) groups is 1. The van der Waals surface area contributed by atoms with E-state index in [4.69, 9.17) is 28.4 Å². The van der Waals surface area contributed by atoms with E-state index in [-0.39, 0.29) is 6.10 Å². The van der Waals surface area contributed by atoms with Gasteiger partial charge in [-0.3, -0.25) is 0 Å². The van der Waals surface area contributed by atoms with Gasteiger partial charge in [0.05, 0.1) is 6.61 Å². The van der Waals surface area contributed by atoms with E-state index in [2.05, 4.69) is 6.58 Å². The third-order valence-corrected chi connectivity index (χ3v) is 3.84. The van der Waals surface area contributed by atoms with Gasteiger partial charge in [0, 0.05) is 6.08 Å². The van der Waals surface area contributed by atoms with Gasteiger partial charge in [0.15, 0.2) is 30.1 Å². The van der Waals surface area contributed by atoms with Crippen LogP contribution in [0.2, 0.25) is 0 Å². The fourth-order valence-electron chi connectivity index (χ4n) is 3.00. The summed E-state index contributed by atoms with van der Waals surface area (Å²) in [4.78, 5) is 11.6. The Hall–Kier alpha value is -0.990. The molecule has 5 atom stereocenters. The zero-order valence-electron chi connectivity index (χ0n) is 13.2. The van der Waals surface area contributed by atoms with E-state index in [1.54, 1.807) is 13.8 Å². The van der Waals surface area contributed by atoms with Gasteiger partial charge in [0.2, 0.25) is 0 Å². The van der Waals surface area contributed by atoms with Gasteiger partial charge in [-0.25, -0.2) is 4.79 Å². The summed E-state index contributed by atoms with van der Waals surface area (Å²) in [7, 11) is 0. The average Bonchev–Trinajstić information content (AvgIpc) is 3.01. The summed E-state index contributed by atoms with van der Waals surface area (Å²) in [5.41, 5.74) is 0. The van der Waals surface area contributed by atoms with Crippen molar-refractivity contribution in [3.63, 3.8) is 0 Å². The summed E-state index contributed by atoms with van der Waals surface area (Å²) in [5, 5.41) is 0. The Morgan fingerprint density at radius 2 is 1.86 bits per heavy atom. The average molecular weight is 314 g/mol. The molecule has 0 spiro atoms. The lowest BCUT2D eigenvalue weighted by molar-refractivity contribution is -0.234. The highest BCUT2D eigenvalue weighted by molar-refractivity contribution is 5.81. The molecule has 0 radical (unpaired) electrons. The quantitative estimate of drug-likeness (QED) is 0.571. The maximum atomic E-state index is 11.6. The zero-order valence-corrected chi connectivity index (χ0v) is 13.2. The van der Waals surface area contributed by atoms with E-state index in [1.807, 2.05) is 13.8 Å². The third-order valence-electron chi connectivity index (χ3n) is 3.84. The minimum Gasteiger partial charge on any atom is -0.453 e. The lowest BCUT2D eigenvalue weighted by Crippen LogP contribution is -2.45. The van der Waals surface area contributed by atoms with Crippen LogP contribution in [-0.4, -0.2) is 54.9 Å². The van der Waals surface area contributed by atoms with Crippen LogP contribution in [0.4, 0.5) is 0 Å². The SMILES string of the molecule is C=CC(=O)O[C@H]1[C@@H]2OC(C)(C)O[C@@H]2O[C@H]1[C@@H]1COC(C)(C)O1. The van der Waals surface area contributed by atoms with E-state index < -0.39 is 42.1 Å². The number of hydrogen-bond acceptors (Lipinski definition) is 7. The Kier molecular flexibility index (Phi) is 3.81. The smallest absolute Gasteiger partial charge is 0.330 e. The topological polar surface area (TPSA) is 72.5 Å². The van der Waals surface area contributed by atoms with Crippen molar-refractivity contribution in [1.82, 2.24) is 0 Å². The molecule has 0 aliphatic carbocycles. The fraction of sp³-hybridized carbons (Fsp3) is 0.800. The van der Waals surface area contributed by atoms with Gasteiger partial charge in [0.1, 0.15) is 12.2 Å². The fourth-order valence-corrected chi connectivity index (χ4v) is 3.00. The predicted octanol–water partition coefficient (Wildman–Crippen LogP) is 1.11. The number of carbonyl (C=O) groups excluding carboxylic acids is 1. The highest BCUT2D eigenvalue weighted by Crippen LogP contribution is 2.41. The van der Waals surface area contributed by atoms with Crippen molar-refractivity contribution in [1.29, 1.82) is 0 Å². The molecule has 0 aromatic rings. The van der Waals surface area contributed by atoms with Crippen LogP contribution in [0, 0.1) is 0 Å². The first kappa shape index (κ1) is 15.9. The van der Waals surface area contributed by atoms with Crippen LogP contribution in [-0.2, 0) is 33.2 Å². The first-order chi connectivity index (χ1) is 10.2. The Morgan fingerprint density at radius 3 is 2.45 bits per heavy atom. The monoisotopic (exact) mass is 314 g/mol. The van der Waals surface area contributed by atoms with Crippen LogP contribution in [0.5, 0.6) is 0 Å². The highest BCUT2D eigenvalue weighted by Gasteiger charge is 2.59. The molecule has 7 heteroatoms. The van der Waals surface area contributed by atoms with Crippen LogP contribution < -0.4 is 0 Å². The van der Waals surface area contributed by atoms with Crippen LogP contribution in [0.3, 0.4) is 0 Å². The van der Waals surface area contributed by atoms with Crippen molar-refractivity contribution in [3.8, 4) is 0 Å². The summed E-state index contributed by atoms with van der Waals surface area (Å²) in [5.74, 6) is -2.02. The zero-order chi connectivity index (χ0) is 16.1. The molecule has 0 bridgehead atoms. The summed E-state index contributed by atoms with van der Waals surface area (Å²) < 4.78 is 34.2. The molecule has 124 valence electrons. The summed E-state index contributed by atoms with van der Waals surface area (Å²) >= 11 is 0. The second kappa shape index (κ2) is 5.28. The van der Waals surface area contributed by atoms with Gasteiger partial charge >= 0.3 is 5.97 Å². The summed E-state index contributed by atoms with van der Waals surface area (Å²) in [6, 6.07) is 0. The van der Waals surface area contributed by atoms with Gasteiger partial charge in [-0.2, -0.15) is 0 Å². The Balaban J connectivity index is 1.78. The first-order valence-electron chi connectivity index (χ1n) is 7.37. The van der Waals surface area contributed by atoms with E-state index in [0.717, 1.165) is 6.08 Å². The molecule has 0 amide bonds. The van der Waals surface area contributed by atoms with Crippen LogP contribution in [0.1, 0.15) is 27.7 Å². The van der Waals surface area contributed by atoms with Crippen molar-refractivity contribution in [2.45, 2.75) is 70.0 Å². The first-order valence-corrected chi connectivity index (χ1v) is 7.37. The largest absolute Gasteiger partial charge is 0.453 e. The van der Waals surface area contributed by atoms with Gasteiger partial charge in [-0.15, -0.1) is 0 Å². The number of esters is 1. The van der Waals surface area contributed by atoms with E-state index in [9.17, 15) is 4.79 Å². The van der Waals surface area contributed by atoms with Gasteiger partial charge in [-0.05, 0) is 27.7 Å². The second-order valence-electron chi connectivity index (χ2n) is 6.54. The maximum Gasteiger partial charge on any atom is 0.330 e. The molecule has 3 fully saturated rings. The molecule has 0 saturated carbocycles. The van der Waals surface area contributed by atoms with Crippen molar-refractivity contribution < 1.29 is 33.2 Å². The molecule has 0 aromatic carbocycles. The number of fused-ring (bicyclic) bond motifs is 1. The number of ether oxygens (including phenoxy) is 6. The maximum absolute atomic E-state index is 11.6. The van der Waals surface area contributed by atoms with Crippen LogP contribution >= 0.6 is 0 Å². The highest BCUT2D eigenvalue weighted by atomic mass is 16.8. The molecule has 3 aliphatic rings. The van der Waals surface area contributed by atoms with Gasteiger partial charge in [0.25, 0.3) is 0 Å². The number of rotatable bonds is 3. The van der Waals surface area contributed by atoms with E-state index in [1.165, 1.54) is 0 Å². The molecular formula is C15H22O7. The molecular weight excluding hydrogens is 292 g/mol. The summed E-state index contributed by atoms with van der Waals surface area (Å²) in [6.07, 6.45) is -1.51. The van der Waals surface area contributed by atoms with E-state index in [0.29, 0.717) is 6.61 Å². The lowest BCUT2D eigenvalue weighted by atomic mass is 10.1. The second-order valence-corrected chi connectivity index (χ2v) is 6.54. The predicted molar refractivity (Wildman–Crippen MR) is 73.7 cm³/mol. The Morgan fingerprint density at radius 1 is 1.14 bits per heavy atom. The standard InChI is InChI=1S/C15H22O7/c1-6-9(16)18-11-10(8-7-17-14(2,3)20-8)19-13-12(11)21-15(4,5)22-13/h6,8,10-13H,1,7H2,2-5H3/t8-,10-,11+,12-,13-/m0/s1. The lowest BCUT2D eigenvalue weighted by Gasteiger charge is -2.28. The Labute approximate surface area is 129 Å². The van der Waals surface area contributed by atoms with Gasteiger partial charge < -0.3 is 28.4 Å². The van der Waals surface area contributed by atoms with Crippen molar-refractivity contribution >= 4 is 5.97 Å². The normalized spacial score (nSPS) is 42.1. The van der Waals surface area contributed by atoms with E-state index >= 15 is 0 Å². The van der Waals surface area contributed by atoms with Gasteiger partial charge in [-0.1, -0.05) is 6.58 Å².